The van der Waals surface area contributed by atoms with Crippen LogP contribution in [0.4, 0.5) is 0 Å². The summed E-state index contributed by atoms with van der Waals surface area (Å²) in [6.07, 6.45) is 1.71. The minimum Gasteiger partial charge on any atom is -0.386 e. The van der Waals surface area contributed by atoms with Crippen LogP contribution in [0, 0.1) is 6.92 Å². The molecule has 0 bridgehead atoms. The second-order valence-electron chi connectivity index (χ2n) is 4.38. The molecule has 2 rings (SSSR count). The predicted molar refractivity (Wildman–Crippen MR) is 61.3 cm³/mol. The van der Waals surface area contributed by atoms with Crippen molar-refractivity contribution < 1.29 is 5.11 Å². The Morgan fingerprint density at radius 3 is 2.62 bits per heavy atom. The molecule has 0 amide bonds. The minimum atomic E-state index is -0.849. The van der Waals surface area contributed by atoms with Crippen molar-refractivity contribution in [3.63, 3.8) is 0 Å². The molecule has 1 N–H and O–H groups in total. The maximum Gasteiger partial charge on any atom is 0.0860 e. The quantitative estimate of drug-likeness (QED) is 0.834. The third-order valence-electron chi connectivity index (χ3n) is 2.39. The summed E-state index contributed by atoms with van der Waals surface area (Å²) < 4.78 is 0. The van der Waals surface area contributed by atoms with Gasteiger partial charge in [0.2, 0.25) is 0 Å². The second-order valence-corrected chi connectivity index (χ2v) is 4.38. The second kappa shape index (κ2) is 3.72. The van der Waals surface area contributed by atoms with Gasteiger partial charge in [0.25, 0.3) is 0 Å². The summed E-state index contributed by atoms with van der Waals surface area (Å²) in [4.78, 5) is 1.56. The zero-order chi connectivity index (χ0) is 11.8. The molecule has 0 atom stereocenters. The number of benzene rings is 1. The Balaban J connectivity index is 2.44. The van der Waals surface area contributed by atoms with Crippen LogP contribution in [-0.4, -0.2) is 20.1 Å². The van der Waals surface area contributed by atoms with E-state index < -0.39 is 5.60 Å². The largest absolute Gasteiger partial charge is 0.386 e. The summed E-state index contributed by atoms with van der Waals surface area (Å²) in [5.74, 6) is 0. The van der Waals surface area contributed by atoms with Crippen molar-refractivity contribution in [1.82, 2.24) is 15.0 Å². The van der Waals surface area contributed by atoms with Gasteiger partial charge < -0.3 is 5.11 Å². The summed E-state index contributed by atoms with van der Waals surface area (Å²) in [6, 6.07) is 7.58. The van der Waals surface area contributed by atoms with E-state index in [1.54, 1.807) is 24.8 Å². The van der Waals surface area contributed by atoms with Gasteiger partial charge in [0.05, 0.1) is 23.2 Å². The molecular formula is C12H15N3O. The fraction of sp³-hybridized carbons (Fsp3) is 0.333. The Morgan fingerprint density at radius 1 is 1.31 bits per heavy atom. The molecular weight excluding hydrogens is 202 g/mol. The molecule has 0 saturated heterocycles. The van der Waals surface area contributed by atoms with Gasteiger partial charge in [-0.15, -0.1) is 0 Å². The lowest BCUT2D eigenvalue weighted by molar-refractivity contribution is 0.0786. The smallest absolute Gasteiger partial charge is 0.0860 e. The maximum absolute atomic E-state index is 9.92. The van der Waals surface area contributed by atoms with Crippen molar-refractivity contribution >= 4 is 0 Å². The molecule has 1 aromatic carbocycles. The van der Waals surface area contributed by atoms with E-state index >= 15 is 0 Å². The van der Waals surface area contributed by atoms with Crippen molar-refractivity contribution in [2.75, 3.05) is 0 Å². The average molecular weight is 217 g/mol. The number of rotatable bonds is 2. The molecule has 0 aliphatic carbocycles. The van der Waals surface area contributed by atoms with Crippen LogP contribution < -0.4 is 0 Å². The highest BCUT2D eigenvalue weighted by atomic mass is 16.3. The number of aliphatic hydroxyl groups is 1. The highest BCUT2D eigenvalue weighted by molar-refractivity contribution is 5.36. The highest BCUT2D eigenvalue weighted by Crippen LogP contribution is 2.21. The van der Waals surface area contributed by atoms with Gasteiger partial charge in [0.15, 0.2) is 0 Å². The maximum atomic E-state index is 9.92. The Morgan fingerprint density at radius 2 is 2.06 bits per heavy atom. The van der Waals surface area contributed by atoms with Crippen molar-refractivity contribution in [3.8, 4) is 5.69 Å². The van der Waals surface area contributed by atoms with E-state index in [1.807, 2.05) is 31.2 Å². The first-order chi connectivity index (χ1) is 7.47. The SMILES string of the molecule is Cc1cnn(-c2cccc(C(C)(C)O)c2)n1. The zero-order valence-corrected chi connectivity index (χ0v) is 9.68. The van der Waals surface area contributed by atoms with Crippen LogP contribution in [0.15, 0.2) is 30.5 Å². The average Bonchev–Trinajstić information content (AvgIpc) is 2.64. The summed E-state index contributed by atoms with van der Waals surface area (Å²) >= 11 is 0. The van der Waals surface area contributed by atoms with Crippen molar-refractivity contribution in [3.05, 3.63) is 41.7 Å². The molecule has 0 aliphatic rings. The van der Waals surface area contributed by atoms with E-state index in [-0.39, 0.29) is 0 Å². The molecule has 0 radical (unpaired) electrons. The Bertz CT molecular complexity index is 497. The normalized spacial score (nSPS) is 11.8. The minimum absolute atomic E-state index is 0.847. The first-order valence-corrected chi connectivity index (χ1v) is 5.19. The standard InChI is InChI=1S/C12H15N3O/c1-9-8-13-15(14-9)11-6-4-5-10(7-11)12(2,3)16/h4-8,16H,1-3H3. The topological polar surface area (TPSA) is 50.9 Å². The molecule has 0 spiro atoms. The molecule has 0 aliphatic heterocycles. The summed E-state index contributed by atoms with van der Waals surface area (Å²) in [6.45, 7) is 5.41. The van der Waals surface area contributed by atoms with Crippen LogP contribution in [0.2, 0.25) is 0 Å². The van der Waals surface area contributed by atoms with Crippen LogP contribution in [0.25, 0.3) is 5.69 Å². The van der Waals surface area contributed by atoms with E-state index in [0.717, 1.165) is 16.9 Å². The lowest BCUT2D eigenvalue weighted by Gasteiger charge is -2.18. The number of nitrogens with zero attached hydrogens (tertiary/aromatic N) is 3. The summed E-state index contributed by atoms with van der Waals surface area (Å²) in [5, 5.41) is 18.3. The molecule has 2 aromatic rings. The number of aryl methyl sites for hydroxylation is 1. The first kappa shape index (κ1) is 10.8. The first-order valence-electron chi connectivity index (χ1n) is 5.19. The van der Waals surface area contributed by atoms with Crippen molar-refractivity contribution in [2.24, 2.45) is 0 Å². The van der Waals surface area contributed by atoms with Gasteiger partial charge in [-0.2, -0.15) is 15.0 Å². The fourth-order valence-corrected chi connectivity index (χ4v) is 1.47. The molecule has 0 unspecified atom stereocenters. The van der Waals surface area contributed by atoms with Crippen LogP contribution in [0.1, 0.15) is 25.1 Å². The van der Waals surface area contributed by atoms with E-state index in [1.165, 1.54) is 0 Å². The van der Waals surface area contributed by atoms with Gasteiger partial charge in [-0.05, 0) is 38.5 Å². The Hall–Kier alpha value is -1.68. The zero-order valence-electron chi connectivity index (χ0n) is 9.68. The molecule has 0 fully saturated rings. The number of aromatic nitrogens is 3. The monoisotopic (exact) mass is 217 g/mol. The molecule has 1 heterocycles. The van der Waals surface area contributed by atoms with Gasteiger partial charge in [0, 0.05) is 0 Å². The summed E-state index contributed by atoms with van der Waals surface area (Å²) in [7, 11) is 0. The molecule has 0 saturated carbocycles. The van der Waals surface area contributed by atoms with Gasteiger partial charge in [-0.25, -0.2) is 0 Å². The number of hydrogen-bond acceptors (Lipinski definition) is 3. The molecule has 4 heteroatoms. The molecule has 1 aromatic heterocycles. The van der Waals surface area contributed by atoms with Crippen LogP contribution in [0.3, 0.4) is 0 Å². The molecule has 4 nitrogen and oxygen atoms in total. The van der Waals surface area contributed by atoms with Crippen molar-refractivity contribution in [1.29, 1.82) is 0 Å². The van der Waals surface area contributed by atoms with E-state index in [9.17, 15) is 5.11 Å². The number of hydrogen-bond donors (Lipinski definition) is 1. The van der Waals surface area contributed by atoms with E-state index in [0.29, 0.717) is 0 Å². The van der Waals surface area contributed by atoms with E-state index in [2.05, 4.69) is 10.2 Å². The fourth-order valence-electron chi connectivity index (χ4n) is 1.47. The molecule has 84 valence electrons. The van der Waals surface area contributed by atoms with Gasteiger partial charge in [0.1, 0.15) is 0 Å². The highest BCUT2D eigenvalue weighted by Gasteiger charge is 2.16. The molecule has 16 heavy (non-hydrogen) atoms. The third-order valence-corrected chi connectivity index (χ3v) is 2.39. The predicted octanol–water partition coefficient (Wildman–Crippen LogP) is 1.80. The van der Waals surface area contributed by atoms with Gasteiger partial charge in [-0.1, -0.05) is 12.1 Å². The third kappa shape index (κ3) is 2.12. The lowest BCUT2D eigenvalue weighted by atomic mass is 9.98. The summed E-state index contributed by atoms with van der Waals surface area (Å²) in [5.41, 5.74) is 1.72. The lowest BCUT2D eigenvalue weighted by Crippen LogP contribution is -2.15. The van der Waals surface area contributed by atoms with Gasteiger partial charge >= 0.3 is 0 Å². The van der Waals surface area contributed by atoms with Crippen molar-refractivity contribution in [2.45, 2.75) is 26.4 Å². The van der Waals surface area contributed by atoms with Crippen LogP contribution in [0.5, 0.6) is 0 Å². The van der Waals surface area contributed by atoms with Gasteiger partial charge in [-0.3, -0.25) is 0 Å². The Kier molecular flexibility index (Phi) is 2.52. The van der Waals surface area contributed by atoms with Crippen LogP contribution >= 0.6 is 0 Å². The Labute approximate surface area is 94.5 Å². The van der Waals surface area contributed by atoms with E-state index in [4.69, 9.17) is 0 Å². The van der Waals surface area contributed by atoms with Crippen LogP contribution in [-0.2, 0) is 5.60 Å².